The van der Waals surface area contributed by atoms with E-state index in [1.807, 2.05) is 0 Å². The lowest BCUT2D eigenvalue weighted by Crippen LogP contribution is -2.06. The average Bonchev–Trinajstić information content (AvgIpc) is 2.09. The Morgan fingerprint density at radius 2 is 2.33 bits per heavy atom. The Kier molecular flexibility index (Phi) is 3.71. The van der Waals surface area contributed by atoms with Crippen LogP contribution in [0.25, 0.3) is 0 Å². The summed E-state index contributed by atoms with van der Waals surface area (Å²) in [5, 5.41) is 0. The van der Waals surface area contributed by atoms with Crippen LogP contribution in [0.4, 0.5) is 0 Å². The topological polar surface area (TPSA) is 29.4 Å². The number of aliphatic imine (C=N–C) groups is 1. The van der Waals surface area contributed by atoms with Crippen LogP contribution < -0.4 is 0 Å². The van der Waals surface area contributed by atoms with Gasteiger partial charge in [0.15, 0.2) is 5.78 Å². The first-order valence-electron chi connectivity index (χ1n) is 4.58. The highest BCUT2D eigenvalue weighted by Crippen LogP contribution is 2.13. The molecule has 0 aromatic carbocycles. The van der Waals surface area contributed by atoms with Crippen LogP contribution in [0.3, 0.4) is 0 Å². The molecule has 0 aliphatic carbocycles. The molecule has 0 fully saturated rings. The fourth-order valence-electron chi connectivity index (χ4n) is 1.25. The molecule has 0 aromatic rings. The zero-order valence-electron chi connectivity index (χ0n) is 7.55. The molecular weight excluding hydrogens is 150 g/mol. The summed E-state index contributed by atoms with van der Waals surface area (Å²) in [4.78, 5) is 15.2. The van der Waals surface area contributed by atoms with Crippen LogP contribution in [0, 0.1) is 0 Å². The van der Waals surface area contributed by atoms with E-state index in [9.17, 15) is 4.79 Å². The minimum absolute atomic E-state index is 0.251. The highest BCUT2D eigenvalue weighted by molar-refractivity contribution is 6.04. The van der Waals surface area contributed by atoms with E-state index in [-0.39, 0.29) is 5.78 Å². The number of nitrogens with zero attached hydrogens (tertiary/aromatic N) is 1. The van der Waals surface area contributed by atoms with Crippen molar-refractivity contribution in [3.8, 4) is 0 Å². The molecule has 12 heavy (non-hydrogen) atoms. The van der Waals surface area contributed by atoms with E-state index in [0.29, 0.717) is 6.42 Å². The highest BCUT2D eigenvalue weighted by atomic mass is 16.1. The van der Waals surface area contributed by atoms with Crippen molar-refractivity contribution >= 4 is 12.0 Å². The van der Waals surface area contributed by atoms with E-state index in [0.717, 1.165) is 18.4 Å². The van der Waals surface area contributed by atoms with Gasteiger partial charge in [-0.1, -0.05) is 19.8 Å². The van der Waals surface area contributed by atoms with E-state index in [1.165, 1.54) is 12.8 Å². The Morgan fingerprint density at radius 1 is 1.50 bits per heavy atom. The van der Waals surface area contributed by atoms with Gasteiger partial charge in [-0.05, 0) is 12.8 Å². The van der Waals surface area contributed by atoms with Crippen LogP contribution in [0.2, 0.25) is 0 Å². The first kappa shape index (κ1) is 9.17. The van der Waals surface area contributed by atoms with Crippen molar-refractivity contribution in [2.75, 3.05) is 0 Å². The Bertz CT molecular complexity index is 216. The summed E-state index contributed by atoms with van der Waals surface area (Å²) in [7, 11) is 0. The van der Waals surface area contributed by atoms with Gasteiger partial charge in [-0.25, -0.2) is 0 Å². The predicted octanol–water partition coefficient (Wildman–Crippen LogP) is 2.49. The van der Waals surface area contributed by atoms with Gasteiger partial charge in [0.2, 0.25) is 0 Å². The molecule has 2 heteroatoms. The zero-order chi connectivity index (χ0) is 8.81. The van der Waals surface area contributed by atoms with Crippen molar-refractivity contribution in [2.45, 2.75) is 39.0 Å². The maximum absolute atomic E-state index is 11.2. The number of carbonyl (C=O) groups excluding carboxylic acids is 1. The van der Waals surface area contributed by atoms with Gasteiger partial charge in [0.1, 0.15) is 0 Å². The fourth-order valence-corrected chi connectivity index (χ4v) is 1.25. The standard InChI is InChI=1S/C10H15NO/c1-2-3-4-5-9-8-11-7-6-10(9)12/h7-8H,2-6H2,1H3. The van der Waals surface area contributed by atoms with Crippen molar-refractivity contribution in [2.24, 2.45) is 4.99 Å². The molecule has 0 unspecified atom stereocenters. The summed E-state index contributed by atoms with van der Waals surface area (Å²) < 4.78 is 0. The summed E-state index contributed by atoms with van der Waals surface area (Å²) >= 11 is 0. The third-order valence-electron chi connectivity index (χ3n) is 2.02. The van der Waals surface area contributed by atoms with Crippen molar-refractivity contribution in [1.82, 2.24) is 0 Å². The molecule has 66 valence electrons. The van der Waals surface area contributed by atoms with E-state index in [4.69, 9.17) is 0 Å². The number of rotatable bonds is 4. The van der Waals surface area contributed by atoms with Crippen LogP contribution in [-0.4, -0.2) is 12.0 Å². The second kappa shape index (κ2) is 4.86. The highest BCUT2D eigenvalue weighted by Gasteiger charge is 2.09. The second-order valence-corrected chi connectivity index (χ2v) is 3.07. The number of hydrogen-bond donors (Lipinski definition) is 0. The van der Waals surface area contributed by atoms with Crippen LogP contribution in [0.15, 0.2) is 16.8 Å². The first-order chi connectivity index (χ1) is 5.84. The molecule has 1 heterocycles. The Hall–Kier alpha value is -0.920. The molecule has 0 spiro atoms. The van der Waals surface area contributed by atoms with E-state index >= 15 is 0 Å². The van der Waals surface area contributed by atoms with Crippen LogP contribution in [0.1, 0.15) is 39.0 Å². The van der Waals surface area contributed by atoms with Crippen molar-refractivity contribution in [3.63, 3.8) is 0 Å². The quantitative estimate of drug-likeness (QED) is 0.588. The van der Waals surface area contributed by atoms with Gasteiger partial charge in [-0.15, -0.1) is 0 Å². The number of allylic oxidation sites excluding steroid dienone is 1. The SMILES string of the molecule is CCCCCC1=CN=CCC1=O. The summed E-state index contributed by atoms with van der Waals surface area (Å²) in [5.74, 6) is 0.251. The Balaban J connectivity index is 2.34. The van der Waals surface area contributed by atoms with Gasteiger partial charge < -0.3 is 0 Å². The van der Waals surface area contributed by atoms with E-state index < -0.39 is 0 Å². The van der Waals surface area contributed by atoms with Gasteiger partial charge in [-0.2, -0.15) is 0 Å². The average molecular weight is 165 g/mol. The first-order valence-corrected chi connectivity index (χ1v) is 4.58. The molecule has 0 saturated heterocycles. The molecule has 0 aromatic heterocycles. The Morgan fingerprint density at radius 3 is 3.00 bits per heavy atom. The molecule has 0 bridgehead atoms. The molecule has 1 aliphatic rings. The molecule has 0 amide bonds. The number of hydrogen-bond acceptors (Lipinski definition) is 2. The largest absolute Gasteiger partial charge is 0.294 e. The van der Waals surface area contributed by atoms with Crippen LogP contribution in [0.5, 0.6) is 0 Å². The third-order valence-corrected chi connectivity index (χ3v) is 2.02. The van der Waals surface area contributed by atoms with Crippen LogP contribution in [-0.2, 0) is 4.79 Å². The molecule has 1 aliphatic heterocycles. The maximum Gasteiger partial charge on any atom is 0.165 e. The van der Waals surface area contributed by atoms with Crippen molar-refractivity contribution in [1.29, 1.82) is 0 Å². The monoisotopic (exact) mass is 165 g/mol. The molecule has 1 rings (SSSR count). The fraction of sp³-hybridized carbons (Fsp3) is 0.600. The molecule has 0 atom stereocenters. The Labute approximate surface area is 73.4 Å². The summed E-state index contributed by atoms with van der Waals surface area (Å²) in [5.41, 5.74) is 0.908. The molecule has 0 radical (unpaired) electrons. The van der Waals surface area contributed by atoms with Gasteiger partial charge in [0.25, 0.3) is 0 Å². The summed E-state index contributed by atoms with van der Waals surface area (Å²) in [6, 6.07) is 0. The smallest absolute Gasteiger partial charge is 0.165 e. The van der Waals surface area contributed by atoms with Crippen LogP contribution >= 0.6 is 0 Å². The lowest BCUT2D eigenvalue weighted by atomic mass is 10.0. The van der Waals surface area contributed by atoms with Gasteiger partial charge >= 0.3 is 0 Å². The number of ketones is 1. The van der Waals surface area contributed by atoms with Crippen molar-refractivity contribution in [3.05, 3.63) is 11.8 Å². The van der Waals surface area contributed by atoms with Gasteiger partial charge in [0.05, 0.1) is 0 Å². The van der Waals surface area contributed by atoms with Gasteiger partial charge in [0, 0.05) is 24.4 Å². The lowest BCUT2D eigenvalue weighted by molar-refractivity contribution is -0.114. The number of carbonyl (C=O) groups is 1. The summed E-state index contributed by atoms with van der Waals surface area (Å²) in [6.07, 6.45) is 8.30. The molecule has 0 N–H and O–H groups in total. The zero-order valence-corrected chi connectivity index (χ0v) is 7.55. The molecule has 0 saturated carbocycles. The summed E-state index contributed by atoms with van der Waals surface area (Å²) in [6.45, 7) is 2.16. The molecular formula is C10H15NO. The normalized spacial score (nSPS) is 16.4. The second-order valence-electron chi connectivity index (χ2n) is 3.07. The predicted molar refractivity (Wildman–Crippen MR) is 50.3 cm³/mol. The van der Waals surface area contributed by atoms with Gasteiger partial charge in [-0.3, -0.25) is 9.79 Å². The van der Waals surface area contributed by atoms with E-state index in [1.54, 1.807) is 12.4 Å². The minimum Gasteiger partial charge on any atom is -0.294 e. The molecule has 2 nitrogen and oxygen atoms in total. The van der Waals surface area contributed by atoms with E-state index in [2.05, 4.69) is 11.9 Å². The minimum atomic E-state index is 0.251. The number of unbranched alkanes of at least 4 members (excludes halogenated alkanes) is 2. The number of Topliss-reactive ketones (excluding diaryl/α,β-unsaturated/α-hetero) is 1. The third kappa shape index (κ3) is 2.61. The van der Waals surface area contributed by atoms with Crippen molar-refractivity contribution < 1.29 is 4.79 Å². The lowest BCUT2D eigenvalue weighted by Gasteiger charge is -2.05. The maximum atomic E-state index is 11.2.